The van der Waals surface area contributed by atoms with Crippen molar-refractivity contribution >= 4 is 11.9 Å². The molecule has 0 saturated carbocycles. The van der Waals surface area contributed by atoms with Gasteiger partial charge in [-0.1, -0.05) is 39.0 Å². The van der Waals surface area contributed by atoms with Gasteiger partial charge in [-0.05, 0) is 19.3 Å². The molecule has 0 saturated heterocycles. The lowest BCUT2D eigenvalue weighted by molar-refractivity contribution is -0.143. The van der Waals surface area contributed by atoms with Crippen LogP contribution in [-0.2, 0) is 9.59 Å². The molecule has 0 aliphatic rings. The van der Waals surface area contributed by atoms with Crippen LogP contribution >= 0.6 is 0 Å². The molecule has 4 nitrogen and oxygen atoms in total. The first-order valence-electron chi connectivity index (χ1n) is 6.52. The van der Waals surface area contributed by atoms with E-state index in [1.165, 1.54) is 12.8 Å². The molecule has 0 rings (SSSR count). The summed E-state index contributed by atoms with van der Waals surface area (Å²) in [7, 11) is 0. The van der Waals surface area contributed by atoms with E-state index < -0.39 is 11.9 Å². The normalized spacial score (nSPS) is 12.3. The molecule has 0 aliphatic carbocycles. The maximum absolute atomic E-state index is 10.9. The number of aliphatic carboxylic acids is 2. The van der Waals surface area contributed by atoms with Crippen molar-refractivity contribution in [3.63, 3.8) is 0 Å². The average Bonchev–Trinajstić information content (AvgIpc) is 2.25. The van der Waals surface area contributed by atoms with Crippen molar-refractivity contribution in [1.82, 2.24) is 0 Å². The summed E-state index contributed by atoms with van der Waals surface area (Å²) in [5.41, 5.74) is 0. The molecular weight excluding hydrogens is 220 g/mol. The Labute approximate surface area is 103 Å². The minimum Gasteiger partial charge on any atom is -0.481 e. The van der Waals surface area contributed by atoms with Gasteiger partial charge in [-0.2, -0.15) is 0 Å². The second kappa shape index (κ2) is 10.1. The van der Waals surface area contributed by atoms with Crippen LogP contribution in [0.1, 0.15) is 64.7 Å². The van der Waals surface area contributed by atoms with Crippen LogP contribution < -0.4 is 0 Å². The number of unbranched alkanes of at least 4 members (excludes halogenated alkanes) is 4. The fourth-order valence-corrected chi connectivity index (χ4v) is 1.89. The van der Waals surface area contributed by atoms with Gasteiger partial charge in [0.25, 0.3) is 0 Å². The zero-order valence-corrected chi connectivity index (χ0v) is 10.7. The second-order valence-electron chi connectivity index (χ2n) is 4.52. The van der Waals surface area contributed by atoms with Crippen LogP contribution in [0.4, 0.5) is 0 Å². The fourth-order valence-electron chi connectivity index (χ4n) is 1.89. The van der Waals surface area contributed by atoms with E-state index in [1.807, 2.05) is 0 Å². The SMILES string of the molecule is CCCCCCCC(CCCC(=O)O)C(=O)O. The number of carbonyl (C=O) groups is 2. The molecule has 0 aromatic rings. The summed E-state index contributed by atoms with van der Waals surface area (Å²) in [5, 5.41) is 17.5. The molecule has 0 aromatic heterocycles. The fraction of sp³-hybridized carbons (Fsp3) is 0.846. The quantitative estimate of drug-likeness (QED) is 0.547. The van der Waals surface area contributed by atoms with Crippen molar-refractivity contribution in [2.45, 2.75) is 64.7 Å². The summed E-state index contributed by atoms with van der Waals surface area (Å²) in [5.74, 6) is -2.00. The molecule has 0 aromatic carbocycles. The molecule has 0 heterocycles. The third-order valence-electron chi connectivity index (χ3n) is 2.95. The van der Waals surface area contributed by atoms with Gasteiger partial charge in [-0.3, -0.25) is 9.59 Å². The number of hydrogen-bond donors (Lipinski definition) is 2. The Hall–Kier alpha value is -1.06. The first kappa shape index (κ1) is 15.9. The van der Waals surface area contributed by atoms with Crippen LogP contribution in [0.2, 0.25) is 0 Å². The van der Waals surface area contributed by atoms with Gasteiger partial charge in [0.1, 0.15) is 0 Å². The molecule has 100 valence electrons. The van der Waals surface area contributed by atoms with Crippen molar-refractivity contribution in [3.05, 3.63) is 0 Å². The first-order chi connectivity index (χ1) is 8.07. The maximum Gasteiger partial charge on any atom is 0.306 e. The van der Waals surface area contributed by atoms with E-state index in [9.17, 15) is 9.59 Å². The minimum absolute atomic E-state index is 0.0691. The summed E-state index contributed by atoms with van der Waals surface area (Å²) in [4.78, 5) is 21.3. The van der Waals surface area contributed by atoms with E-state index >= 15 is 0 Å². The van der Waals surface area contributed by atoms with Crippen LogP contribution in [0.5, 0.6) is 0 Å². The van der Waals surface area contributed by atoms with E-state index in [0.717, 1.165) is 19.3 Å². The molecule has 0 bridgehead atoms. The van der Waals surface area contributed by atoms with Crippen molar-refractivity contribution in [3.8, 4) is 0 Å². The lowest BCUT2D eigenvalue weighted by Gasteiger charge is -2.11. The zero-order valence-electron chi connectivity index (χ0n) is 10.7. The molecule has 0 amide bonds. The summed E-state index contributed by atoms with van der Waals surface area (Å²) in [6, 6.07) is 0. The van der Waals surface area contributed by atoms with E-state index in [-0.39, 0.29) is 12.3 Å². The van der Waals surface area contributed by atoms with Crippen LogP contribution in [-0.4, -0.2) is 22.2 Å². The maximum atomic E-state index is 10.9. The van der Waals surface area contributed by atoms with Crippen molar-refractivity contribution in [1.29, 1.82) is 0 Å². The third kappa shape index (κ3) is 9.85. The highest BCUT2D eigenvalue weighted by molar-refractivity contribution is 5.70. The second-order valence-corrected chi connectivity index (χ2v) is 4.52. The predicted octanol–water partition coefficient (Wildman–Crippen LogP) is 3.30. The van der Waals surface area contributed by atoms with Gasteiger partial charge in [-0.25, -0.2) is 0 Å². The topological polar surface area (TPSA) is 74.6 Å². The minimum atomic E-state index is -0.850. The van der Waals surface area contributed by atoms with Crippen LogP contribution in [0.15, 0.2) is 0 Å². The Kier molecular flexibility index (Phi) is 9.49. The Morgan fingerprint density at radius 1 is 0.941 bits per heavy atom. The van der Waals surface area contributed by atoms with E-state index in [0.29, 0.717) is 19.3 Å². The van der Waals surface area contributed by atoms with E-state index in [2.05, 4.69) is 6.92 Å². The largest absolute Gasteiger partial charge is 0.481 e. The highest BCUT2D eigenvalue weighted by atomic mass is 16.4. The van der Waals surface area contributed by atoms with Crippen molar-refractivity contribution in [2.24, 2.45) is 5.92 Å². The van der Waals surface area contributed by atoms with E-state index in [1.54, 1.807) is 0 Å². The molecule has 1 atom stereocenters. The third-order valence-corrected chi connectivity index (χ3v) is 2.95. The van der Waals surface area contributed by atoms with Gasteiger partial charge in [0.15, 0.2) is 0 Å². The molecular formula is C13H24O4. The molecule has 2 N–H and O–H groups in total. The Bertz CT molecular complexity index is 225. The number of rotatable bonds is 11. The van der Waals surface area contributed by atoms with Gasteiger partial charge in [0, 0.05) is 6.42 Å². The molecule has 17 heavy (non-hydrogen) atoms. The van der Waals surface area contributed by atoms with Crippen LogP contribution in [0, 0.1) is 5.92 Å². The number of carboxylic acid groups (broad SMARTS) is 2. The first-order valence-corrected chi connectivity index (χ1v) is 6.52. The highest BCUT2D eigenvalue weighted by Gasteiger charge is 2.16. The van der Waals surface area contributed by atoms with Gasteiger partial charge in [0.2, 0.25) is 0 Å². The zero-order chi connectivity index (χ0) is 13.1. The molecule has 0 fully saturated rings. The van der Waals surface area contributed by atoms with Gasteiger partial charge in [-0.15, -0.1) is 0 Å². The van der Waals surface area contributed by atoms with Gasteiger partial charge >= 0.3 is 11.9 Å². The van der Waals surface area contributed by atoms with E-state index in [4.69, 9.17) is 10.2 Å². The van der Waals surface area contributed by atoms with Crippen LogP contribution in [0.3, 0.4) is 0 Å². The Morgan fingerprint density at radius 2 is 1.53 bits per heavy atom. The summed E-state index contributed by atoms with van der Waals surface area (Å²) in [6.45, 7) is 2.14. The summed E-state index contributed by atoms with van der Waals surface area (Å²) < 4.78 is 0. The smallest absolute Gasteiger partial charge is 0.306 e. The number of carboxylic acids is 2. The lowest BCUT2D eigenvalue weighted by atomic mass is 9.95. The lowest BCUT2D eigenvalue weighted by Crippen LogP contribution is -2.14. The average molecular weight is 244 g/mol. The van der Waals surface area contributed by atoms with Crippen molar-refractivity contribution < 1.29 is 19.8 Å². The van der Waals surface area contributed by atoms with Crippen LogP contribution in [0.25, 0.3) is 0 Å². The molecule has 4 heteroatoms. The standard InChI is InChI=1S/C13H24O4/c1-2-3-4-5-6-8-11(13(16)17)9-7-10-12(14)15/h11H,2-10H2,1H3,(H,14,15)(H,16,17). The Morgan fingerprint density at radius 3 is 2.06 bits per heavy atom. The highest BCUT2D eigenvalue weighted by Crippen LogP contribution is 2.17. The molecule has 0 spiro atoms. The van der Waals surface area contributed by atoms with Gasteiger partial charge < -0.3 is 10.2 Å². The predicted molar refractivity (Wildman–Crippen MR) is 66.0 cm³/mol. The Balaban J connectivity index is 3.67. The molecule has 0 aliphatic heterocycles. The van der Waals surface area contributed by atoms with Crippen molar-refractivity contribution in [2.75, 3.05) is 0 Å². The molecule has 0 radical (unpaired) electrons. The van der Waals surface area contributed by atoms with Gasteiger partial charge in [0.05, 0.1) is 5.92 Å². The molecule has 1 unspecified atom stereocenters. The monoisotopic (exact) mass is 244 g/mol. The number of hydrogen-bond acceptors (Lipinski definition) is 2. The summed E-state index contributed by atoms with van der Waals surface area (Å²) in [6.07, 6.45) is 7.26. The summed E-state index contributed by atoms with van der Waals surface area (Å²) >= 11 is 0.